The van der Waals surface area contributed by atoms with Gasteiger partial charge in [0, 0.05) is 13.3 Å². The maximum absolute atomic E-state index is 12.9. The summed E-state index contributed by atoms with van der Waals surface area (Å²) >= 11 is 0. The second kappa shape index (κ2) is 23.6. The fourth-order valence-electron chi connectivity index (χ4n) is 16.2. The standard InChI is InChI=1S/C55H92O22/c1-25(2)11-10-15-55(9,77-49-46(68)43(65)40(62)33(73-49)24-70-37-20-28(59)30(21-56)71-37)27-12-17-54(8)38(27)29(60)19-35-52(6)16-14-36(51(4,5)34(52)13-18-53(35,54)7)75-50-47(44(66)41(63)32(74-50)23-69-26(3)58)76-48-45(67)42(64)39(61)31(22-57)72-48/h11,27-50,56-57,59-68H,10,12-24H2,1-9H3. The average Bonchev–Trinajstić information content (AvgIpc) is 4.18. The van der Waals surface area contributed by atoms with Gasteiger partial charge < -0.3 is 104 Å². The van der Waals surface area contributed by atoms with E-state index < -0.39 is 160 Å². The van der Waals surface area contributed by atoms with Gasteiger partial charge in [0.15, 0.2) is 25.2 Å². The van der Waals surface area contributed by atoms with Gasteiger partial charge in [-0.15, -0.1) is 0 Å². The van der Waals surface area contributed by atoms with E-state index in [-0.39, 0.29) is 52.9 Å². The zero-order valence-corrected chi connectivity index (χ0v) is 46.3. The van der Waals surface area contributed by atoms with Crippen molar-refractivity contribution in [1.82, 2.24) is 0 Å². The summed E-state index contributed by atoms with van der Waals surface area (Å²) in [6.07, 6.45) is -19.1. The van der Waals surface area contributed by atoms with Crippen LogP contribution in [0.2, 0.25) is 0 Å². The second-order valence-electron chi connectivity index (χ2n) is 25.8. The number of ether oxygens (including phenoxy) is 9. The predicted molar refractivity (Wildman–Crippen MR) is 268 cm³/mol. The van der Waals surface area contributed by atoms with Gasteiger partial charge >= 0.3 is 5.97 Å². The van der Waals surface area contributed by atoms with Crippen molar-refractivity contribution < 1.29 is 109 Å². The van der Waals surface area contributed by atoms with E-state index in [0.717, 1.165) is 24.8 Å². The van der Waals surface area contributed by atoms with Crippen molar-refractivity contribution in [3.05, 3.63) is 11.6 Å². The molecule has 22 nitrogen and oxygen atoms in total. The number of rotatable bonds is 17. The molecule has 8 aliphatic rings. The number of fused-ring (bicyclic) bond motifs is 5. The number of esters is 1. The zero-order valence-electron chi connectivity index (χ0n) is 46.3. The fourth-order valence-corrected chi connectivity index (χ4v) is 16.2. The summed E-state index contributed by atoms with van der Waals surface area (Å²) in [6, 6.07) is 0. The molecule has 0 aromatic heterocycles. The largest absolute Gasteiger partial charge is 0.463 e. The molecule has 4 saturated carbocycles. The first-order valence-electron chi connectivity index (χ1n) is 28.1. The Bertz CT molecular complexity index is 2030. The number of allylic oxidation sites excluding steroid dienone is 2. The summed E-state index contributed by atoms with van der Waals surface area (Å²) in [5.74, 6) is -1.00. The smallest absolute Gasteiger partial charge is 0.302 e. The van der Waals surface area contributed by atoms with Crippen LogP contribution in [0.25, 0.3) is 0 Å². The maximum atomic E-state index is 12.9. The lowest BCUT2D eigenvalue weighted by atomic mass is 9.35. The highest BCUT2D eigenvalue weighted by Crippen LogP contribution is 2.76. The van der Waals surface area contributed by atoms with Crippen LogP contribution in [-0.2, 0) is 47.4 Å². The van der Waals surface area contributed by atoms with Gasteiger partial charge in [0.2, 0.25) is 0 Å². The monoisotopic (exact) mass is 1100 g/mol. The lowest BCUT2D eigenvalue weighted by Gasteiger charge is -2.71. The van der Waals surface area contributed by atoms with Crippen molar-refractivity contribution in [2.75, 3.05) is 26.4 Å². The first-order chi connectivity index (χ1) is 36.1. The first kappa shape index (κ1) is 61.5. The van der Waals surface area contributed by atoms with Crippen molar-refractivity contribution in [1.29, 1.82) is 0 Å². The van der Waals surface area contributed by atoms with Crippen molar-refractivity contribution in [3.8, 4) is 0 Å². The Balaban J connectivity index is 1.02. The fraction of sp³-hybridized carbons (Fsp3) is 0.945. The molecule has 28 atom stereocenters. The van der Waals surface area contributed by atoms with E-state index in [1.54, 1.807) is 0 Å². The number of aliphatic hydroxyl groups is 12. The first-order valence-corrected chi connectivity index (χ1v) is 28.1. The SMILES string of the molecule is CC(=O)OCC1OC(OC2CCC3(C)C(CCC4(C)C3CC(O)C3C(C(C)(CCC=C(C)C)OC5OC(COC6CC(O)C(CO)O6)C(O)C(O)C5O)CCC34C)C2(C)C)C(OC2OC(CO)C(O)C(O)C2O)C(O)C1O. The van der Waals surface area contributed by atoms with Crippen LogP contribution >= 0.6 is 0 Å². The van der Waals surface area contributed by atoms with E-state index in [4.69, 9.17) is 42.6 Å². The summed E-state index contributed by atoms with van der Waals surface area (Å²) in [5, 5.41) is 131. The molecule has 22 heteroatoms. The Kier molecular flexibility index (Phi) is 18.8. The van der Waals surface area contributed by atoms with Crippen LogP contribution in [0, 0.1) is 45.3 Å². The molecule has 4 aliphatic carbocycles. The summed E-state index contributed by atoms with van der Waals surface area (Å²) in [7, 11) is 0. The summed E-state index contributed by atoms with van der Waals surface area (Å²) in [5.41, 5.74) is -1.43. The average molecular weight is 1110 g/mol. The lowest BCUT2D eigenvalue weighted by molar-refractivity contribution is -0.378. The number of aliphatic hydroxyl groups excluding tert-OH is 12. The molecule has 8 rings (SSSR count). The Hall–Kier alpha value is -1.59. The molecule has 4 saturated heterocycles. The summed E-state index contributed by atoms with van der Waals surface area (Å²) in [6.45, 7) is 16.7. The van der Waals surface area contributed by atoms with Gasteiger partial charge in [0.25, 0.3) is 0 Å². The van der Waals surface area contributed by atoms with E-state index in [0.29, 0.717) is 38.5 Å². The topological polar surface area (TPSA) is 343 Å². The molecule has 0 aromatic rings. The molecule has 4 heterocycles. The predicted octanol–water partition coefficient (Wildman–Crippen LogP) is 0.0365. The molecule has 444 valence electrons. The molecule has 0 bridgehead atoms. The Morgan fingerprint density at radius 2 is 1.21 bits per heavy atom. The highest BCUT2D eigenvalue weighted by molar-refractivity contribution is 5.65. The lowest BCUT2D eigenvalue weighted by Crippen LogP contribution is -2.68. The van der Waals surface area contributed by atoms with Gasteiger partial charge in [-0.1, -0.05) is 46.3 Å². The van der Waals surface area contributed by atoms with Crippen LogP contribution in [0.5, 0.6) is 0 Å². The molecule has 0 amide bonds. The van der Waals surface area contributed by atoms with E-state index in [9.17, 15) is 66.1 Å². The van der Waals surface area contributed by atoms with E-state index in [1.165, 1.54) is 6.92 Å². The molecule has 0 radical (unpaired) electrons. The van der Waals surface area contributed by atoms with Gasteiger partial charge in [0.05, 0.1) is 43.7 Å². The zero-order chi connectivity index (χ0) is 56.5. The van der Waals surface area contributed by atoms with Crippen molar-refractivity contribution in [2.24, 2.45) is 45.3 Å². The minimum atomic E-state index is -1.83. The van der Waals surface area contributed by atoms with Gasteiger partial charge in [-0.2, -0.15) is 0 Å². The molecule has 8 fully saturated rings. The normalized spacial score (nSPS) is 50.5. The maximum Gasteiger partial charge on any atom is 0.302 e. The van der Waals surface area contributed by atoms with Crippen molar-refractivity contribution in [2.45, 2.75) is 255 Å². The van der Waals surface area contributed by atoms with E-state index >= 15 is 0 Å². The molecule has 4 aliphatic heterocycles. The Morgan fingerprint density at radius 1 is 0.610 bits per heavy atom. The number of hydrogen-bond donors (Lipinski definition) is 12. The summed E-state index contributed by atoms with van der Waals surface area (Å²) < 4.78 is 54.8. The van der Waals surface area contributed by atoms with Crippen molar-refractivity contribution >= 4 is 5.97 Å². The van der Waals surface area contributed by atoms with Crippen LogP contribution in [0.4, 0.5) is 0 Å². The van der Waals surface area contributed by atoms with Crippen LogP contribution in [0.15, 0.2) is 11.6 Å². The third-order valence-electron chi connectivity index (χ3n) is 20.7. The highest BCUT2D eigenvalue weighted by atomic mass is 16.8. The second-order valence-corrected chi connectivity index (χ2v) is 25.8. The molecular formula is C55H92O22. The van der Waals surface area contributed by atoms with Gasteiger partial charge in [-0.3, -0.25) is 4.79 Å². The van der Waals surface area contributed by atoms with E-state index in [1.807, 2.05) is 20.8 Å². The highest BCUT2D eigenvalue weighted by Gasteiger charge is 2.72. The van der Waals surface area contributed by atoms with Crippen LogP contribution in [0.3, 0.4) is 0 Å². The quantitative estimate of drug-likeness (QED) is 0.0520. The van der Waals surface area contributed by atoms with Crippen LogP contribution in [0.1, 0.15) is 127 Å². The Morgan fingerprint density at radius 3 is 1.84 bits per heavy atom. The van der Waals surface area contributed by atoms with Gasteiger partial charge in [-0.25, -0.2) is 0 Å². The van der Waals surface area contributed by atoms with Crippen LogP contribution in [-0.4, -0.2) is 222 Å². The molecule has 0 aromatic carbocycles. The Labute approximate surface area is 451 Å². The molecule has 28 unspecified atom stereocenters. The van der Waals surface area contributed by atoms with E-state index in [2.05, 4.69) is 40.7 Å². The number of carbonyl (C=O) groups is 1. The number of carbonyl (C=O) groups excluding carboxylic acids is 1. The third-order valence-corrected chi connectivity index (χ3v) is 20.7. The van der Waals surface area contributed by atoms with Crippen LogP contribution < -0.4 is 0 Å². The molecular weight excluding hydrogens is 1010 g/mol. The minimum absolute atomic E-state index is 0.0415. The minimum Gasteiger partial charge on any atom is -0.463 e. The van der Waals surface area contributed by atoms with Gasteiger partial charge in [0.1, 0.15) is 86.0 Å². The third kappa shape index (κ3) is 11.3. The summed E-state index contributed by atoms with van der Waals surface area (Å²) in [4.78, 5) is 11.9. The van der Waals surface area contributed by atoms with Crippen molar-refractivity contribution in [3.63, 3.8) is 0 Å². The van der Waals surface area contributed by atoms with Gasteiger partial charge in [-0.05, 0) is 124 Å². The molecule has 0 spiro atoms. The molecule has 77 heavy (non-hydrogen) atoms. The number of hydrogen-bond acceptors (Lipinski definition) is 22. The molecule has 12 N–H and O–H groups in total.